The van der Waals surface area contributed by atoms with Crippen molar-refractivity contribution in [1.82, 2.24) is 0 Å². The Bertz CT molecular complexity index is 926. The van der Waals surface area contributed by atoms with Gasteiger partial charge in [-0.05, 0) is 74.0 Å². The van der Waals surface area contributed by atoms with Gasteiger partial charge in [-0.15, -0.1) is 11.3 Å². The molecule has 4 saturated carbocycles. The Kier molecular flexibility index (Phi) is 4.26. The van der Waals surface area contributed by atoms with Gasteiger partial charge in [0.2, 0.25) is 0 Å². The van der Waals surface area contributed by atoms with Crippen molar-refractivity contribution in [2.75, 3.05) is 21.0 Å². The lowest BCUT2D eigenvalue weighted by atomic mass is 9.47. The number of benzene rings is 1. The molecule has 1 atom stereocenters. The predicted octanol–water partition coefficient (Wildman–Crippen LogP) is 5.49. The molecule has 2 heterocycles. The van der Waals surface area contributed by atoms with E-state index in [1.807, 2.05) is 12.1 Å². The second kappa shape index (κ2) is 6.55. The standard InChI is InChI=1S/C22H25ClO5S/c1-24-11-26-17-3-4-18-16(20(17)23)10-19(29-18)22(25-2)21(27-28-22)14-6-12-5-13(8-14)9-15(21)7-12/h3-4,10,12-15H,5-9,11H2,1-2H3. The van der Waals surface area contributed by atoms with Crippen LogP contribution in [0.4, 0.5) is 0 Å². The van der Waals surface area contributed by atoms with Gasteiger partial charge in [0.25, 0.3) is 5.79 Å². The lowest BCUT2D eigenvalue weighted by molar-refractivity contribution is -0.644. The van der Waals surface area contributed by atoms with Crippen LogP contribution in [-0.2, 0) is 25.0 Å². The number of fused-ring (bicyclic) bond motifs is 1. The van der Waals surface area contributed by atoms with Crippen molar-refractivity contribution in [1.29, 1.82) is 0 Å². The van der Waals surface area contributed by atoms with Crippen LogP contribution in [0.25, 0.3) is 10.1 Å². The zero-order chi connectivity index (χ0) is 19.8. The predicted molar refractivity (Wildman–Crippen MR) is 110 cm³/mol. The molecule has 0 radical (unpaired) electrons. The molecule has 1 aromatic carbocycles. The highest BCUT2D eigenvalue weighted by atomic mass is 35.5. The van der Waals surface area contributed by atoms with E-state index in [0.717, 1.165) is 26.8 Å². The first-order valence-electron chi connectivity index (χ1n) is 10.4. The molecule has 1 spiro atoms. The van der Waals surface area contributed by atoms with E-state index >= 15 is 0 Å². The molecule has 1 aromatic heterocycles. The summed E-state index contributed by atoms with van der Waals surface area (Å²) in [6.45, 7) is 0.163. The maximum absolute atomic E-state index is 6.66. The summed E-state index contributed by atoms with van der Waals surface area (Å²) in [7, 11) is 3.34. The van der Waals surface area contributed by atoms with Crippen molar-refractivity contribution in [3.63, 3.8) is 0 Å². The highest BCUT2D eigenvalue weighted by Crippen LogP contribution is 2.70. The molecule has 156 valence electrons. The summed E-state index contributed by atoms with van der Waals surface area (Å²) >= 11 is 8.32. The van der Waals surface area contributed by atoms with Crippen molar-refractivity contribution in [2.24, 2.45) is 23.7 Å². The minimum Gasteiger partial charge on any atom is -0.466 e. The molecule has 7 heteroatoms. The van der Waals surface area contributed by atoms with Gasteiger partial charge in [0.05, 0.1) is 9.90 Å². The van der Waals surface area contributed by atoms with Crippen LogP contribution in [0.1, 0.15) is 37.0 Å². The smallest absolute Gasteiger partial charge is 0.269 e. The molecular formula is C22H25ClO5S. The molecule has 1 saturated heterocycles. The number of ether oxygens (including phenoxy) is 3. The second-order valence-electron chi connectivity index (χ2n) is 9.04. The summed E-state index contributed by atoms with van der Waals surface area (Å²) in [5.74, 6) is 2.45. The molecule has 5 aliphatic rings. The molecule has 1 unspecified atom stereocenters. The highest BCUT2D eigenvalue weighted by molar-refractivity contribution is 7.19. The van der Waals surface area contributed by atoms with Crippen molar-refractivity contribution in [2.45, 2.75) is 43.5 Å². The molecule has 4 aliphatic carbocycles. The minimum absolute atomic E-state index is 0.163. The van der Waals surface area contributed by atoms with Crippen molar-refractivity contribution in [3.05, 3.63) is 28.1 Å². The Balaban J connectivity index is 1.43. The van der Waals surface area contributed by atoms with Crippen LogP contribution >= 0.6 is 22.9 Å². The van der Waals surface area contributed by atoms with Gasteiger partial charge in [0.15, 0.2) is 12.4 Å². The average molecular weight is 437 g/mol. The van der Waals surface area contributed by atoms with Gasteiger partial charge in [0.1, 0.15) is 5.75 Å². The third kappa shape index (κ3) is 2.36. The zero-order valence-corrected chi connectivity index (χ0v) is 18.2. The first-order chi connectivity index (χ1) is 14.1. The zero-order valence-electron chi connectivity index (χ0n) is 16.6. The molecule has 29 heavy (non-hydrogen) atoms. The number of halogens is 1. The summed E-state index contributed by atoms with van der Waals surface area (Å²) in [5.41, 5.74) is -0.377. The lowest BCUT2D eigenvalue weighted by Crippen LogP contribution is -2.76. The quantitative estimate of drug-likeness (QED) is 0.458. The van der Waals surface area contributed by atoms with Crippen LogP contribution in [0.5, 0.6) is 5.75 Å². The molecule has 0 amide bonds. The van der Waals surface area contributed by atoms with Crippen LogP contribution in [0.15, 0.2) is 18.2 Å². The summed E-state index contributed by atoms with van der Waals surface area (Å²) in [4.78, 5) is 13.0. The van der Waals surface area contributed by atoms with Crippen LogP contribution in [0, 0.1) is 23.7 Å². The van der Waals surface area contributed by atoms with E-state index in [4.69, 9.17) is 35.6 Å². The Morgan fingerprint density at radius 1 is 1.07 bits per heavy atom. The molecule has 7 rings (SSSR count). The summed E-state index contributed by atoms with van der Waals surface area (Å²) in [6.07, 6.45) is 6.29. The maximum atomic E-state index is 6.66. The van der Waals surface area contributed by atoms with Crippen molar-refractivity contribution in [3.8, 4) is 5.75 Å². The number of thiophene rings is 1. The van der Waals surface area contributed by atoms with Crippen molar-refractivity contribution >= 4 is 33.0 Å². The van der Waals surface area contributed by atoms with Gasteiger partial charge in [-0.1, -0.05) is 11.6 Å². The molecule has 5 nitrogen and oxygen atoms in total. The first-order valence-corrected chi connectivity index (χ1v) is 11.6. The fourth-order valence-electron chi connectivity index (χ4n) is 6.75. The monoisotopic (exact) mass is 436 g/mol. The number of rotatable bonds is 5. The fourth-order valence-corrected chi connectivity index (χ4v) is 8.31. The summed E-state index contributed by atoms with van der Waals surface area (Å²) in [6, 6.07) is 6.02. The number of hydrogen-bond donors (Lipinski definition) is 0. The van der Waals surface area contributed by atoms with Gasteiger partial charge >= 0.3 is 0 Å². The SMILES string of the molecule is COCOc1ccc2sc(C3(OC)OOC34C3CC5CC(C3)CC4C5)cc2c1Cl. The summed E-state index contributed by atoms with van der Waals surface area (Å²) in [5, 5.41) is 1.54. The molecule has 1 aliphatic heterocycles. The Morgan fingerprint density at radius 3 is 2.38 bits per heavy atom. The van der Waals surface area contributed by atoms with Crippen LogP contribution in [-0.4, -0.2) is 26.6 Å². The third-order valence-electron chi connectivity index (χ3n) is 7.71. The van der Waals surface area contributed by atoms with Gasteiger partial charge in [-0.25, -0.2) is 4.89 Å². The van der Waals surface area contributed by atoms with E-state index in [1.54, 1.807) is 25.6 Å². The largest absolute Gasteiger partial charge is 0.466 e. The molecule has 0 N–H and O–H groups in total. The van der Waals surface area contributed by atoms with Gasteiger partial charge in [0, 0.05) is 24.3 Å². The minimum atomic E-state index is -0.851. The van der Waals surface area contributed by atoms with Gasteiger partial charge in [-0.3, -0.25) is 0 Å². The maximum Gasteiger partial charge on any atom is 0.269 e. The molecule has 2 aromatic rings. The second-order valence-corrected chi connectivity index (χ2v) is 10.5. The topological polar surface area (TPSA) is 46.2 Å². The van der Waals surface area contributed by atoms with Crippen LogP contribution < -0.4 is 4.74 Å². The third-order valence-corrected chi connectivity index (χ3v) is 9.28. The van der Waals surface area contributed by atoms with Crippen molar-refractivity contribution < 1.29 is 24.0 Å². The lowest BCUT2D eigenvalue weighted by Gasteiger charge is -2.68. The first kappa shape index (κ1) is 18.8. The Hall–Kier alpha value is -0.890. The van der Waals surface area contributed by atoms with Crippen LogP contribution in [0.2, 0.25) is 5.02 Å². The Labute approximate surface area is 179 Å². The fraction of sp³-hybridized carbons (Fsp3) is 0.636. The van der Waals surface area contributed by atoms with E-state index in [0.29, 0.717) is 22.6 Å². The van der Waals surface area contributed by atoms with E-state index in [1.165, 1.54) is 32.1 Å². The number of methoxy groups -OCH3 is 2. The normalized spacial score (nSPS) is 40.0. The van der Waals surface area contributed by atoms with Gasteiger partial charge < -0.3 is 14.2 Å². The van der Waals surface area contributed by atoms with E-state index in [9.17, 15) is 0 Å². The number of hydrogen-bond acceptors (Lipinski definition) is 6. The molecular weight excluding hydrogens is 412 g/mol. The highest BCUT2D eigenvalue weighted by Gasteiger charge is 2.77. The van der Waals surface area contributed by atoms with Gasteiger partial charge in [-0.2, -0.15) is 4.89 Å². The van der Waals surface area contributed by atoms with E-state index in [-0.39, 0.29) is 12.4 Å². The van der Waals surface area contributed by atoms with E-state index in [2.05, 4.69) is 6.07 Å². The summed E-state index contributed by atoms with van der Waals surface area (Å²) < 4.78 is 17.9. The average Bonchev–Trinajstić information content (AvgIpc) is 3.12. The molecule has 5 fully saturated rings. The van der Waals surface area contributed by atoms with Crippen LogP contribution in [0.3, 0.4) is 0 Å². The molecule has 4 bridgehead atoms. The Morgan fingerprint density at radius 2 is 1.79 bits per heavy atom. The van der Waals surface area contributed by atoms with E-state index < -0.39 is 5.79 Å².